The molecule has 6 heteroatoms. The lowest BCUT2D eigenvalue weighted by atomic mass is 10.1. The second-order valence-corrected chi connectivity index (χ2v) is 4.95. The number of primary amides is 1. The van der Waals surface area contributed by atoms with Crippen LogP contribution in [-0.2, 0) is 9.53 Å². The van der Waals surface area contributed by atoms with Crippen LogP contribution in [0.2, 0.25) is 0 Å². The zero-order valence-corrected chi connectivity index (χ0v) is 12.7. The number of fused-ring (bicyclic) bond motifs is 1. The van der Waals surface area contributed by atoms with Crippen LogP contribution in [0.5, 0.6) is 0 Å². The van der Waals surface area contributed by atoms with Gasteiger partial charge in [-0.25, -0.2) is 0 Å². The normalized spacial score (nSPS) is 12.1. The summed E-state index contributed by atoms with van der Waals surface area (Å²) < 4.78 is 5.01. The van der Waals surface area contributed by atoms with Crippen molar-refractivity contribution >= 4 is 22.6 Å². The Kier molecular flexibility index (Phi) is 5.06. The minimum atomic E-state index is -0.733. The molecule has 0 spiro atoms. The van der Waals surface area contributed by atoms with Crippen LogP contribution in [0.1, 0.15) is 17.4 Å². The Morgan fingerprint density at radius 2 is 2.05 bits per heavy atom. The van der Waals surface area contributed by atoms with Gasteiger partial charge in [-0.05, 0) is 18.4 Å². The molecule has 0 unspecified atom stereocenters. The molecule has 0 aliphatic rings. The number of amides is 2. The number of hydrogen-bond donors (Lipinski definition) is 1. The lowest BCUT2D eigenvalue weighted by Crippen LogP contribution is -2.47. The van der Waals surface area contributed by atoms with Crippen LogP contribution in [0, 0.1) is 0 Å². The number of nitrogens with two attached hydrogens (primary N) is 1. The van der Waals surface area contributed by atoms with E-state index in [2.05, 4.69) is 4.98 Å². The van der Waals surface area contributed by atoms with E-state index in [4.69, 9.17) is 10.5 Å². The molecule has 0 aliphatic heterocycles. The Bertz CT molecular complexity index is 682. The Hall–Kier alpha value is -2.47. The predicted molar refractivity (Wildman–Crippen MR) is 83.3 cm³/mol. The summed E-state index contributed by atoms with van der Waals surface area (Å²) in [7, 11) is 1.54. The first-order valence-corrected chi connectivity index (χ1v) is 6.99. The molecule has 116 valence electrons. The van der Waals surface area contributed by atoms with Gasteiger partial charge in [0.15, 0.2) is 0 Å². The fourth-order valence-corrected chi connectivity index (χ4v) is 2.24. The number of benzene rings is 1. The summed E-state index contributed by atoms with van der Waals surface area (Å²) in [6.07, 6.45) is 1.58. The topological polar surface area (TPSA) is 85.5 Å². The molecule has 2 rings (SSSR count). The van der Waals surface area contributed by atoms with Gasteiger partial charge in [0, 0.05) is 25.2 Å². The quantitative estimate of drug-likeness (QED) is 0.868. The van der Waals surface area contributed by atoms with Crippen LogP contribution >= 0.6 is 0 Å². The number of ether oxygens (including phenoxy) is 1. The monoisotopic (exact) mass is 301 g/mol. The van der Waals surface area contributed by atoms with Gasteiger partial charge in [0.2, 0.25) is 5.91 Å². The Labute approximate surface area is 128 Å². The first kappa shape index (κ1) is 15.9. The molecule has 0 aliphatic carbocycles. The highest BCUT2D eigenvalue weighted by atomic mass is 16.5. The molecule has 1 aromatic heterocycles. The zero-order chi connectivity index (χ0) is 16.1. The summed E-state index contributed by atoms with van der Waals surface area (Å²) in [5.41, 5.74) is 5.65. The molecule has 1 atom stereocenters. The number of pyridine rings is 1. The first-order chi connectivity index (χ1) is 10.6. The molecular formula is C16H19N3O3. The Morgan fingerprint density at radius 1 is 1.32 bits per heavy atom. The molecule has 0 fully saturated rings. The summed E-state index contributed by atoms with van der Waals surface area (Å²) in [6.45, 7) is 2.18. The lowest BCUT2D eigenvalue weighted by Gasteiger charge is -2.27. The van der Waals surface area contributed by atoms with Crippen LogP contribution in [0.15, 0.2) is 36.5 Å². The van der Waals surface area contributed by atoms with Crippen LogP contribution in [0.3, 0.4) is 0 Å². The Balaban J connectivity index is 2.42. The number of nitrogens with zero attached hydrogens (tertiary/aromatic N) is 2. The van der Waals surface area contributed by atoms with Crippen molar-refractivity contribution in [2.45, 2.75) is 13.0 Å². The van der Waals surface area contributed by atoms with Crippen molar-refractivity contribution in [1.29, 1.82) is 0 Å². The van der Waals surface area contributed by atoms with E-state index < -0.39 is 11.9 Å². The summed E-state index contributed by atoms with van der Waals surface area (Å²) in [5, 5.41) is 1.66. The van der Waals surface area contributed by atoms with E-state index in [1.165, 1.54) is 12.0 Å². The third-order valence-corrected chi connectivity index (χ3v) is 3.55. The Morgan fingerprint density at radius 3 is 2.73 bits per heavy atom. The fraction of sp³-hybridized carbons (Fsp3) is 0.312. The maximum Gasteiger partial charge on any atom is 0.273 e. The van der Waals surface area contributed by atoms with Gasteiger partial charge >= 0.3 is 0 Å². The molecule has 0 saturated heterocycles. The van der Waals surface area contributed by atoms with E-state index in [0.29, 0.717) is 12.3 Å². The SMILES string of the molecule is COCCN(C(=O)c1nccc2ccccc12)[C@H](C)C(N)=O. The molecule has 0 bridgehead atoms. The molecule has 2 amide bonds. The molecule has 2 N–H and O–H groups in total. The van der Waals surface area contributed by atoms with Gasteiger partial charge < -0.3 is 15.4 Å². The van der Waals surface area contributed by atoms with Crippen molar-refractivity contribution in [3.8, 4) is 0 Å². The fourth-order valence-electron chi connectivity index (χ4n) is 2.24. The van der Waals surface area contributed by atoms with E-state index >= 15 is 0 Å². The first-order valence-electron chi connectivity index (χ1n) is 6.99. The maximum absolute atomic E-state index is 12.8. The highest BCUT2D eigenvalue weighted by Crippen LogP contribution is 2.18. The third kappa shape index (κ3) is 3.23. The largest absolute Gasteiger partial charge is 0.383 e. The third-order valence-electron chi connectivity index (χ3n) is 3.55. The summed E-state index contributed by atoms with van der Waals surface area (Å²) in [5.74, 6) is -0.898. The van der Waals surface area contributed by atoms with E-state index in [-0.39, 0.29) is 12.5 Å². The number of carbonyl (C=O) groups is 2. The number of carbonyl (C=O) groups excluding carboxylic acids is 2. The van der Waals surface area contributed by atoms with Crippen LogP contribution in [0.25, 0.3) is 10.8 Å². The van der Waals surface area contributed by atoms with Gasteiger partial charge in [-0.1, -0.05) is 24.3 Å². The summed E-state index contributed by atoms with van der Waals surface area (Å²) in [6, 6.07) is 8.58. The highest BCUT2D eigenvalue weighted by Gasteiger charge is 2.26. The second kappa shape index (κ2) is 7.00. The van der Waals surface area contributed by atoms with Crippen molar-refractivity contribution in [2.24, 2.45) is 5.73 Å². The van der Waals surface area contributed by atoms with E-state index in [1.54, 1.807) is 13.1 Å². The lowest BCUT2D eigenvalue weighted by molar-refractivity contribution is -0.122. The zero-order valence-electron chi connectivity index (χ0n) is 12.7. The van der Waals surface area contributed by atoms with Crippen LogP contribution in [0.4, 0.5) is 0 Å². The van der Waals surface area contributed by atoms with Gasteiger partial charge in [-0.2, -0.15) is 0 Å². The van der Waals surface area contributed by atoms with Crippen molar-refractivity contribution < 1.29 is 14.3 Å². The van der Waals surface area contributed by atoms with E-state index in [1.807, 2.05) is 30.3 Å². The number of hydrogen-bond acceptors (Lipinski definition) is 4. The molecule has 6 nitrogen and oxygen atoms in total. The van der Waals surface area contributed by atoms with Crippen molar-refractivity contribution in [3.05, 3.63) is 42.2 Å². The van der Waals surface area contributed by atoms with Crippen molar-refractivity contribution in [2.75, 3.05) is 20.3 Å². The molecular weight excluding hydrogens is 282 g/mol. The number of aromatic nitrogens is 1. The summed E-state index contributed by atoms with van der Waals surface area (Å²) >= 11 is 0. The minimum Gasteiger partial charge on any atom is -0.383 e. The number of rotatable bonds is 6. The summed E-state index contributed by atoms with van der Waals surface area (Å²) in [4.78, 5) is 29.9. The molecule has 1 aromatic carbocycles. The molecule has 0 saturated carbocycles. The minimum absolute atomic E-state index is 0.268. The number of methoxy groups -OCH3 is 1. The smallest absolute Gasteiger partial charge is 0.273 e. The van der Waals surface area contributed by atoms with E-state index in [9.17, 15) is 9.59 Å². The van der Waals surface area contributed by atoms with Crippen molar-refractivity contribution in [3.63, 3.8) is 0 Å². The molecule has 22 heavy (non-hydrogen) atoms. The van der Waals surface area contributed by atoms with Gasteiger partial charge in [0.1, 0.15) is 11.7 Å². The van der Waals surface area contributed by atoms with Crippen LogP contribution < -0.4 is 5.73 Å². The van der Waals surface area contributed by atoms with Gasteiger partial charge in [-0.3, -0.25) is 14.6 Å². The van der Waals surface area contributed by atoms with Gasteiger partial charge in [0.25, 0.3) is 5.91 Å². The predicted octanol–water partition coefficient (Wildman–Crippen LogP) is 1.20. The van der Waals surface area contributed by atoms with Gasteiger partial charge in [-0.15, -0.1) is 0 Å². The molecule has 2 aromatic rings. The van der Waals surface area contributed by atoms with E-state index in [0.717, 1.165) is 10.8 Å². The van der Waals surface area contributed by atoms with Gasteiger partial charge in [0.05, 0.1) is 6.61 Å². The highest BCUT2D eigenvalue weighted by molar-refractivity contribution is 6.06. The standard InChI is InChI=1S/C16H19N3O3/c1-11(15(17)20)19(9-10-22-2)16(21)14-13-6-4-3-5-12(13)7-8-18-14/h3-8,11H,9-10H2,1-2H3,(H2,17,20)/t11-/m1/s1. The van der Waals surface area contributed by atoms with Crippen molar-refractivity contribution in [1.82, 2.24) is 9.88 Å². The average molecular weight is 301 g/mol. The van der Waals surface area contributed by atoms with Crippen LogP contribution in [-0.4, -0.2) is 48.0 Å². The second-order valence-electron chi connectivity index (χ2n) is 4.95. The average Bonchev–Trinajstić information content (AvgIpc) is 2.54. The molecule has 1 heterocycles. The molecule has 0 radical (unpaired) electrons. The maximum atomic E-state index is 12.8.